The number of aliphatic hydroxyl groups excluding tert-OH is 2. The Morgan fingerprint density at radius 3 is 2.50 bits per heavy atom. The number of piperidine rings is 1. The molecular formula is C23H37NO6. The van der Waals surface area contributed by atoms with Crippen LogP contribution < -0.4 is 0 Å². The van der Waals surface area contributed by atoms with Crippen molar-refractivity contribution in [1.29, 1.82) is 0 Å². The van der Waals surface area contributed by atoms with Crippen molar-refractivity contribution in [3.05, 3.63) is 0 Å². The smallest absolute Gasteiger partial charge is 0.136 e. The maximum atomic E-state index is 12.7. The fourth-order valence-corrected chi connectivity index (χ4v) is 10.4. The second-order valence-corrected chi connectivity index (χ2v) is 11.6. The minimum Gasteiger partial charge on any atom is -0.392 e. The molecule has 30 heavy (non-hydrogen) atoms. The van der Waals surface area contributed by atoms with Crippen LogP contribution in [-0.4, -0.2) is 94.3 Å². The van der Waals surface area contributed by atoms with Gasteiger partial charge in [0.15, 0.2) is 0 Å². The Morgan fingerprint density at radius 2 is 1.87 bits per heavy atom. The van der Waals surface area contributed by atoms with Gasteiger partial charge in [-0.15, -0.1) is 0 Å². The Balaban J connectivity index is 1.68. The van der Waals surface area contributed by atoms with Gasteiger partial charge in [-0.05, 0) is 37.1 Å². The summed E-state index contributed by atoms with van der Waals surface area (Å²) in [5.74, 6) is -0.656. The van der Waals surface area contributed by atoms with Crippen molar-refractivity contribution in [2.24, 2.45) is 34.5 Å². The number of likely N-dealkylation sites (N-methyl/N-ethyl adjacent to an activating group) is 1. The lowest BCUT2D eigenvalue weighted by Gasteiger charge is -2.69. The van der Waals surface area contributed by atoms with E-state index in [1.54, 1.807) is 14.2 Å². The molecule has 1 unspecified atom stereocenters. The van der Waals surface area contributed by atoms with Crippen molar-refractivity contribution < 1.29 is 29.9 Å². The number of hydrogen-bond donors (Lipinski definition) is 4. The summed E-state index contributed by atoms with van der Waals surface area (Å²) in [6.45, 7) is 5.96. The molecule has 7 heteroatoms. The normalized spacial score (nSPS) is 65.8. The first-order valence-electron chi connectivity index (χ1n) is 11.8. The highest BCUT2D eigenvalue weighted by molar-refractivity contribution is 5.40. The molecule has 7 nitrogen and oxygen atoms in total. The number of rotatable bonds is 3. The number of aliphatic hydroxyl groups is 4. The van der Waals surface area contributed by atoms with Gasteiger partial charge in [0.25, 0.3) is 0 Å². The molecule has 1 saturated heterocycles. The zero-order valence-corrected chi connectivity index (χ0v) is 18.5. The third kappa shape index (κ3) is 1.74. The van der Waals surface area contributed by atoms with E-state index in [-0.39, 0.29) is 35.3 Å². The molecule has 0 aromatic rings. The third-order valence-corrected chi connectivity index (χ3v) is 11.0. The van der Waals surface area contributed by atoms with Crippen molar-refractivity contribution in [1.82, 2.24) is 4.90 Å². The fourth-order valence-electron chi connectivity index (χ4n) is 10.4. The van der Waals surface area contributed by atoms with Gasteiger partial charge in [-0.2, -0.15) is 0 Å². The standard InChI is InChI=1S/C23H37NO6/c1-5-24-10-20(2)7-6-14(25)22-12-8-11-13(29-3)9-21(27,15(12)16(11)26)23(28,19(22)24)18(30-4)17(20)22/h11-19,25-28H,5-10H2,1-4H3/t11-,12-,13+,14+,15-,16+,17?,18+,19+,20+,21-,22+,23+/m1/s1. The van der Waals surface area contributed by atoms with Gasteiger partial charge in [-0.25, -0.2) is 0 Å². The van der Waals surface area contributed by atoms with Crippen LogP contribution in [0.15, 0.2) is 0 Å². The van der Waals surface area contributed by atoms with Crippen LogP contribution in [0, 0.1) is 34.5 Å². The van der Waals surface area contributed by atoms with Crippen molar-refractivity contribution >= 4 is 0 Å². The van der Waals surface area contributed by atoms with Crippen LogP contribution >= 0.6 is 0 Å². The summed E-state index contributed by atoms with van der Waals surface area (Å²) in [6.07, 6.45) is 0.370. The minimum atomic E-state index is -1.57. The lowest BCUT2D eigenvalue weighted by Crippen LogP contribution is -2.81. The van der Waals surface area contributed by atoms with Gasteiger partial charge in [0, 0.05) is 50.4 Å². The van der Waals surface area contributed by atoms with E-state index in [2.05, 4.69) is 18.7 Å². The monoisotopic (exact) mass is 423 g/mol. The predicted octanol–water partition coefficient (Wildman–Crippen LogP) is -0.00960. The van der Waals surface area contributed by atoms with E-state index in [4.69, 9.17) is 9.47 Å². The summed E-state index contributed by atoms with van der Waals surface area (Å²) in [7, 11) is 3.26. The Bertz CT molecular complexity index is 766. The third-order valence-electron chi connectivity index (χ3n) is 11.0. The Kier molecular flexibility index (Phi) is 3.93. The lowest BCUT2D eigenvalue weighted by atomic mass is 9.43. The van der Waals surface area contributed by atoms with Gasteiger partial charge < -0.3 is 29.9 Å². The first kappa shape index (κ1) is 20.3. The second-order valence-electron chi connectivity index (χ2n) is 11.6. The zero-order chi connectivity index (χ0) is 21.4. The van der Waals surface area contributed by atoms with E-state index >= 15 is 0 Å². The molecule has 0 amide bonds. The van der Waals surface area contributed by atoms with E-state index in [1.165, 1.54) is 0 Å². The van der Waals surface area contributed by atoms with E-state index in [0.29, 0.717) is 12.8 Å². The Hall–Kier alpha value is -0.280. The molecule has 5 saturated carbocycles. The quantitative estimate of drug-likeness (QED) is 0.506. The number of hydrogen-bond acceptors (Lipinski definition) is 7. The summed E-state index contributed by atoms with van der Waals surface area (Å²) >= 11 is 0. The molecule has 7 bridgehead atoms. The Morgan fingerprint density at radius 1 is 1.13 bits per heavy atom. The van der Waals surface area contributed by atoms with Gasteiger partial charge in [-0.1, -0.05) is 13.8 Å². The number of nitrogens with zero attached hydrogens (tertiary/aromatic N) is 1. The van der Waals surface area contributed by atoms with E-state index in [1.807, 2.05) is 0 Å². The largest absolute Gasteiger partial charge is 0.392 e. The summed E-state index contributed by atoms with van der Waals surface area (Å²) < 4.78 is 11.8. The minimum absolute atomic E-state index is 0.0527. The van der Waals surface area contributed by atoms with Crippen LogP contribution in [0.2, 0.25) is 0 Å². The summed E-state index contributed by atoms with van der Waals surface area (Å²) in [6, 6.07) is -0.388. The SMILES string of the molecule is CCN1C[C@]2(C)CC[C@H](O)[C@@]34C2[C@H](OC)[C@](O)([C@@H]13)[C@@]1(O)C[C@H](OC)[C@H]2C[C@@H]4[C@@H]1[C@H]2O. The van der Waals surface area contributed by atoms with Gasteiger partial charge >= 0.3 is 0 Å². The molecule has 13 atom stereocenters. The molecule has 0 aromatic heterocycles. The molecule has 1 spiro atoms. The predicted molar refractivity (Wildman–Crippen MR) is 108 cm³/mol. The van der Waals surface area contributed by atoms with Crippen LogP contribution in [0.3, 0.4) is 0 Å². The second kappa shape index (κ2) is 5.79. The molecule has 170 valence electrons. The van der Waals surface area contributed by atoms with Crippen molar-refractivity contribution in [2.45, 2.75) is 81.2 Å². The summed E-state index contributed by atoms with van der Waals surface area (Å²) in [5.41, 5.74) is -3.79. The summed E-state index contributed by atoms with van der Waals surface area (Å²) in [4.78, 5) is 2.31. The van der Waals surface area contributed by atoms with Crippen molar-refractivity contribution in [2.75, 3.05) is 27.3 Å². The summed E-state index contributed by atoms with van der Waals surface area (Å²) in [5, 5.41) is 48.1. The van der Waals surface area contributed by atoms with Gasteiger partial charge in [0.2, 0.25) is 0 Å². The maximum absolute atomic E-state index is 12.7. The first-order valence-corrected chi connectivity index (χ1v) is 11.8. The first-order chi connectivity index (χ1) is 14.2. The van der Waals surface area contributed by atoms with Crippen LogP contribution in [0.1, 0.15) is 39.5 Å². The molecule has 1 heterocycles. The lowest BCUT2D eigenvalue weighted by molar-refractivity contribution is -0.315. The Labute approximate surface area is 178 Å². The van der Waals surface area contributed by atoms with Crippen molar-refractivity contribution in [3.8, 4) is 0 Å². The van der Waals surface area contributed by atoms with Crippen LogP contribution in [0.25, 0.3) is 0 Å². The molecule has 6 fully saturated rings. The fraction of sp³-hybridized carbons (Fsp3) is 1.00. The van der Waals surface area contributed by atoms with E-state index < -0.39 is 40.8 Å². The highest BCUT2D eigenvalue weighted by Crippen LogP contribution is 2.80. The number of methoxy groups -OCH3 is 2. The average molecular weight is 424 g/mol. The molecule has 6 rings (SSSR count). The molecule has 1 aliphatic heterocycles. The van der Waals surface area contributed by atoms with Crippen LogP contribution in [0.5, 0.6) is 0 Å². The molecule has 6 aliphatic rings. The number of ether oxygens (including phenoxy) is 2. The van der Waals surface area contributed by atoms with Gasteiger partial charge in [0.1, 0.15) is 11.2 Å². The number of likely N-dealkylation sites (tertiary alicyclic amines) is 1. The van der Waals surface area contributed by atoms with Gasteiger partial charge in [-0.3, -0.25) is 4.90 Å². The highest BCUT2D eigenvalue weighted by atomic mass is 16.5. The van der Waals surface area contributed by atoms with Gasteiger partial charge in [0.05, 0.1) is 30.5 Å². The molecular weight excluding hydrogens is 386 g/mol. The van der Waals surface area contributed by atoms with Crippen molar-refractivity contribution in [3.63, 3.8) is 0 Å². The average Bonchev–Trinajstić information content (AvgIpc) is 3.09. The van der Waals surface area contributed by atoms with E-state index in [9.17, 15) is 20.4 Å². The molecule has 5 aliphatic carbocycles. The highest BCUT2D eigenvalue weighted by Gasteiger charge is 2.90. The zero-order valence-electron chi connectivity index (χ0n) is 18.5. The maximum Gasteiger partial charge on any atom is 0.136 e. The topological polar surface area (TPSA) is 103 Å². The number of fused-ring (bicyclic) bond motifs is 2. The van der Waals surface area contributed by atoms with E-state index in [0.717, 1.165) is 25.9 Å². The van der Waals surface area contributed by atoms with Crippen LogP contribution in [-0.2, 0) is 9.47 Å². The molecule has 0 aromatic carbocycles. The van der Waals surface area contributed by atoms with Crippen LogP contribution in [0.4, 0.5) is 0 Å². The molecule has 0 radical (unpaired) electrons. The molecule has 4 N–H and O–H groups in total.